The maximum atomic E-state index is 13.7. The maximum absolute atomic E-state index is 13.7. The highest BCUT2D eigenvalue weighted by Crippen LogP contribution is 2.27. The first-order chi connectivity index (χ1) is 18.4. The van der Waals surface area contributed by atoms with Gasteiger partial charge in [0.1, 0.15) is 35.0 Å². The van der Waals surface area contributed by atoms with Gasteiger partial charge in [0.2, 0.25) is 0 Å². The van der Waals surface area contributed by atoms with E-state index in [2.05, 4.69) is 9.97 Å². The van der Waals surface area contributed by atoms with E-state index in [1.54, 1.807) is 35.2 Å². The van der Waals surface area contributed by atoms with Crippen molar-refractivity contribution in [2.24, 2.45) is 5.92 Å². The number of benzene rings is 2. The summed E-state index contributed by atoms with van der Waals surface area (Å²) < 4.78 is 8.86. The predicted molar refractivity (Wildman–Crippen MR) is 143 cm³/mol. The second kappa shape index (κ2) is 10.2. The monoisotopic (exact) mass is 509 g/mol. The Morgan fingerprint density at radius 3 is 2.50 bits per heavy atom. The molecule has 2 N–H and O–H groups in total. The highest BCUT2D eigenvalue weighted by atomic mass is 16.5. The Kier molecular flexibility index (Phi) is 6.66. The molecule has 1 aliphatic rings. The van der Waals surface area contributed by atoms with E-state index in [4.69, 9.17) is 10.5 Å². The Labute approximate surface area is 219 Å². The van der Waals surface area contributed by atoms with Gasteiger partial charge in [0.05, 0.1) is 11.7 Å². The Bertz CT molecular complexity index is 1610. The number of nitrogens with zero attached hydrogens (tertiary/aromatic N) is 6. The summed E-state index contributed by atoms with van der Waals surface area (Å²) in [5.41, 5.74) is 7.33. The Morgan fingerprint density at radius 1 is 1.16 bits per heavy atom. The topological polar surface area (TPSA) is 132 Å². The Balaban J connectivity index is 1.47. The third-order valence-corrected chi connectivity index (χ3v) is 6.46. The number of carbonyl (C=O) groups excluding carboxylic acids is 1. The van der Waals surface area contributed by atoms with Crippen molar-refractivity contribution in [2.75, 3.05) is 12.3 Å². The number of fused-ring (bicyclic) bond motifs is 1. The molecule has 0 aliphatic carbocycles. The molecule has 1 atom stereocenters. The van der Waals surface area contributed by atoms with Gasteiger partial charge in [0.15, 0.2) is 11.5 Å². The van der Waals surface area contributed by atoms with Gasteiger partial charge >= 0.3 is 5.69 Å². The first-order valence-electron chi connectivity index (χ1n) is 12.3. The molecule has 1 amide bonds. The van der Waals surface area contributed by atoms with Gasteiger partial charge in [0.25, 0.3) is 5.91 Å². The number of aromatic nitrogens is 4. The SMILES string of the molecule is CC(C)C=C(C#N)C(=O)N1CCC1Cn1c(=O)n(-c2ccc(Oc3ccccc3)cc2)c2c(N)ncnc21. The van der Waals surface area contributed by atoms with Crippen molar-refractivity contribution >= 4 is 22.9 Å². The minimum atomic E-state index is -0.346. The van der Waals surface area contributed by atoms with Gasteiger partial charge in [-0.15, -0.1) is 0 Å². The van der Waals surface area contributed by atoms with Crippen LogP contribution >= 0.6 is 0 Å². The number of amides is 1. The molecule has 0 radical (unpaired) electrons. The first-order valence-corrected chi connectivity index (χ1v) is 12.3. The van der Waals surface area contributed by atoms with E-state index in [0.717, 1.165) is 0 Å². The zero-order chi connectivity index (χ0) is 26.8. The van der Waals surface area contributed by atoms with Crippen LogP contribution in [0.5, 0.6) is 11.5 Å². The lowest BCUT2D eigenvalue weighted by molar-refractivity contribution is -0.134. The maximum Gasteiger partial charge on any atom is 0.335 e. The number of likely N-dealkylation sites (tertiary alicyclic amines) is 1. The summed E-state index contributed by atoms with van der Waals surface area (Å²) in [5.74, 6) is 1.24. The Morgan fingerprint density at radius 2 is 1.87 bits per heavy atom. The predicted octanol–water partition coefficient (Wildman–Crippen LogP) is 3.66. The lowest BCUT2D eigenvalue weighted by atomic mass is 10.00. The van der Waals surface area contributed by atoms with E-state index >= 15 is 0 Å². The van der Waals surface area contributed by atoms with Crippen molar-refractivity contribution in [1.82, 2.24) is 24.0 Å². The number of nitrogens with two attached hydrogens (primary N) is 1. The molecule has 1 unspecified atom stereocenters. The summed E-state index contributed by atoms with van der Waals surface area (Å²) in [4.78, 5) is 36.8. The summed E-state index contributed by atoms with van der Waals surface area (Å²) in [6.07, 6.45) is 3.68. The number of hydrogen-bond acceptors (Lipinski definition) is 7. The number of allylic oxidation sites excluding steroid dienone is 1. The van der Waals surface area contributed by atoms with Crippen LogP contribution in [0.1, 0.15) is 20.3 Å². The highest BCUT2D eigenvalue weighted by molar-refractivity contribution is 5.98. The quantitative estimate of drug-likeness (QED) is 0.297. The number of ether oxygens (including phenoxy) is 1. The lowest BCUT2D eigenvalue weighted by Gasteiger charge is -2.41. The number of hydrogen-bond donors (Lipinski definition) is 1. The minimum absolute atomic E-state index is 0.0677. The van der Waals surface area contributed by atoms with E-state index in [-0.39, 0.29) is 41.5 Å². The van der Waals surface area contributed by atoms with E-state index in [1.165, 1.54) is 15.5 Å². The highest BCUT2D eigenvalue weighted by Gasteiger charge is 2.35. The molecule has 10 nitrogen and oxygen atoms in total. The molecule has 4 aromatic rings. The molecule has 192 valence electrons. The van der Waals surface area contributed by atoms with E-state index in [0.29, 0.717) is 41.3 Å². The number of rotatable bonds is 7. The summed E-state index contributed by atoms with van der Waals surface area (Å²) in [6, 6.07) is 18.2. The molecule has 2 aromatic heterocycles. The standard InChI is InChI=1S/C28H27N7O3/c1-18(2)14-19(15-29)27(36)33-13-12-21(33)16-34-26-24(25(30)31-17-32-26)35(28(34)37)20-8-10-23(11-9-20)38-22-6-4-3-5-7-22/h3-11,14,17-18,21H,12-13,16H2,1-2H3,(H2,30,31,32). The van der Waals surface area contributed by atoms with E-state index < -0.39 is 0 Å². The molecule has 0 saturated carbocycles. The van der Waals surface area contributed by atoms with Crippen molar-refractivity contribution in [2.45, 2.75) is 32.9 Å². The fourth-order valence-corrected chi connectivity index (χ4v) is 4.55. The number of nitrogen functional groups attached to an aromatic ring is 1. The normalized spacial score (nSPS) is 15.4. The van der Waals surface area contributed by atoms with E-state index in [9.17, 15) is 14.9 Å². The van der Waals surface area contributed by atoms with Crippen molar-refractivity contribution in [1.29, 1.82) is 5.26 Å². The van der Waals surface area contributed by atoms with E-state index in [1.807, 2.05) is 50.2 Å². The van der Waals surface area contributed by atoms with Gasteiger partial charge in [-0.05, 0) is 48.7 Å². The van der Waals surface area contributed by atoms with Crippen LogP contribution in [0.2, 0.25) is 0 Å². The second-order valence-corrected chi connectivity index (χ2v) is 9.45. The average molecular weight is 510 g/mol. The van der Waals surface area contributed by atoms with Crippen LogP contribution in [-0.4, -0.2) is 42.5 Å². The number of imidazole rings is 1. The Hall–Kier alpha value is -4.91. The number of anilines is 1. The third-order valence-electron chi connectivity index (χ3n) is 6.46. The molecule has 2 aromatic carbocycles. The van der Waals surface area contributed by atoms with Crippen molar-refractivity contribution in [3.8, 4) is 23.3 Å². The molecular weight excluding hydrogens is 482 g/mol. The van der Waals surface area contributed by atoms with Crippen LogP contribution in [0.3, 0.4) is 0 Å². The number of nitriles is 1. The third kappa shape index (κ3) is 4.62. The molecule has 0 bridgehead atoms. The molecule has 5 rings (SSSR count). The number of carbonyl (C=O) groups is 1. The summed E-state index contributed by atoms with van der Waals surface area (Å²) in [5, 5.41) is 9.47. The molecule has 1 aliphatic heterocycles. The molecule has 0 spiro atoms. The van der Waals surface area contributed by atoms with Gasteiger partial charge in [0, 0.05) is 13.1 Å². The lowest BCUT2D eigenvalue weighted by Crippen LogP contribution is -2.54. The molecule has 1 saturated heterocycles. The first kappa shape index (κ1) is 24.8. The molecule has 38 heavy (non-hydrogen) atoms. The van der Waals surface area contributed by atoms with Crippen LogP contribution in [0, 0.1) is 17.2 Å². The van der Waals surface area contributed by atoms with Crippen LogP contribution in [0.25, 0.3) is 16.9 Å². The molecule has 10 heteroatoms. The van der Waals surface area contributed by atoms with Crippen molar-refractivity contribution in [3.05, 3.63) is 83.1 Å². The van der Waals surface area contributed by atoms with Crippen LogP contribution in [0.4, 0.5) is 5.82 Å². The second-order valence-electron chi connectivity index (χ2n) is 9.45. The minimum Gasteiger partial charge on any atom is -0.457 e. The molecule has 3 heterocycles. The summed E-state index contributed by atoms with van der Waals surface area (Å²) in [6.45, 7) is 4.57. The molecular formula is C28H27N7O3. The summed E-state index contributed by atoms with van der Waals surface area (Å²) >= 11 is 0. The zero-order valence-electron chi connectivity index (χ0n) is 21.1. The fraction of sp³-hybridized carbons (Fsp3) is 0.250. The van der Waals surface area contributed by atoms with Gasteiger partial charge in [-0.25, -0.2) is 14.8 Å². The largest absolute Gasteiger partial charge is 0.457 e. The smallest absolute Gasteiger partial charge is 0.335 e. The van der Waals surface area contributed by atoms with Crippen molar-refractivity contribution in [3.63, 3.8) is 0 Å². The van der Waals surface area contributed by atoms with Gasteiger partial charge in [-0.3, -0.25) is 13.9 Å². The number of para-hydroxylation sites is 1. The van der Waals surface area contributed by atoms with Gasteiger partial charge in [-0.2, -0.15) is 5.26 Å². The molecule has 1 fully saturated rings. The van der Waals surface area contributed by atoms with Gasteiger partial charge < -0.3 is 15.4 Å². The van der Waals surface area contributed by atoms with Crippen LogP contribution in [0.15, 0.2) is 77.4 Å². The fourth-order valence-electron chi connectivity index (χ4n) is 4.55. The van der Waals surface area contributed by atoms with Crippen molar-refractivity contribution < 1.29 is 9.53 Å². The van der Waals surface area contributed by atoms with Gasteiger partial charge in [-0.1, -0.05) is 38.1 Å². The summed E-state index contributed by atoms with van der Waals surface area (Å²) in [7, 11) is 0. The van der Waals surface area contributed by atoms with Crippen LogP contribution < -0.4 is 16.2 Å². The average Bonchev–Trinajstić information content (AvgIpc) is 3.18. The van der Waals surface area contributed by atoms with Crippen LogP contribution in [-0.2, 0) is 11.3 Å². The zero-order valence-corrected chi connectivity index (χ0v) is 21.1.